The summed E-state index contributed by atoms with van der Waals surface area (Å²) in [5, 5.41) is 8.21. The third kappa shape index (κ3) is 7.08. The maximum Gasteiger partial charge on any atom is 0.356 e. The van der Waals surface area contributed by atoms with E-state index in [9.17, 15) is 14.4 Å². The highest BCUT2D eigenvalue weighted by Crippen LogP contribution is 1.96. The first kappa shape index (κ1) is 12.4. The number of rotatable bonds is 5. The number of hydrogen-bond acceptors (Lipinski definition) is 5. The van der Waals surface area contributed by atoms with Gasteiger partial charge in [-0.3, -0.25) is 4.79 Å². The summed E-state index contributed by atoms with van der Waals surface area (Å²) >= 11 is 0. The van der Waals surface area contributed by atoms with E-state index in [1.54, 1.807) is 6.92 Å². The van der Waals surface area contributed by atoms with Crippen LogP contribution in [0.2, 0.25) is 0 Å². The van der Waals surface area contributed by atoms with Crippen LogP contribution in [-0.4, -0.2) is 23.0 Å². The maximum absolute atomic E-state index is 10.7. The minimum Gasteiger partial charge on any atom is -0.481 e. The minimum absolute atomic E-state index is 0.159. The number of carboxylic acids is 1. The van der Waals surface area contributed by atoms with Gasteiger partial charge in [0, 0.05) is 6.42 Å². The van der Waals surface area contributed by atoms with Gasteiger partial charge in [0.1, 0.15) is 0 Å². The van der Waals surface area contributed by atoms with Crippen LogP contribution in [0.5, 0.6) is 0 Å². The molecule has 0 saturated heterocycles. The lowest BCUT2D eigenvalue weighted by Gasteiger charge is -2.00. The molecule has 0 fully saturated rings. The molecule has 1 N–H and O–H groups in total. The Hall–Kier alpha value is -1.59. The van der Waals surface area contributed by atoms with Crippen molar-refractivity contribution in [1.82, 2.24) is 0 Å². The zero-order valence-electron chi connectivity index (χ0n) is 7.82. The van der Waals surface area contributed by atoms with E-state index in [4.69, 9.17) is 5.11 Å². The molecule has 0 aromatic heterocycles. The second-order valence-corrected chi connectivity index (χ2v) is 2.55. The highest BCUT2D eigenvalue weighted by atomic mass is 17.2. The van der Waals surface area contributed by atoms with Crippen molar-refractivity contribution < 1.29 is 29.3 Å². The van der Waals surface area contributed by atoms with Crippen molar-refractivity contribution in [3.05, 3.63) is 0 Å². The maximum atomic E-state index is 10.7. The summed E-state index contributed by atoms with van der Waals surface area (Å²) in [5.74, 6) is -2.62. The van der Waals surface area contributed by atoms with E-state index in [1.807, 2.05) is 0 Å². The van der Waals surface area contributed by atoms with Crippen LogP contribution >= 0.6 is 0 Å². The Bertz CT molecular complexity index is 222. The lowest BCUT2D eigenvalue weighted by atomic mass is 10.3. The molecule has 0 bridgehead atoms. The van der Waals surface area contributed by atoms with Gasteiger partial charge in [0.15, 0.2) is 0 Å². The molecular formula is C8H12O6. The number of hydrogen-bond donors (Lipinski definition) is 1. The Morgan fingerprint density at radius 3 is 1.93 bits per heavy atom. The molecule has 0 rings (SSSR count). The molecule has 0 atom stereocenters. The van der Waals surface area contributed by atoms with E-state index < -0.39 is 17.9 Å². The molecule has 0 aliphatic heterocycles. The third-order valence-corrected chi connectivity index (χ3v) is 1.22. The number of carbonyl (C=O) groups excluding carboxylic acids is 2. The Morgan fingerprint density at radius 2 is 1.50 bits per heavy atom. The zero-order chi connectivity index (χ0) is 11.0. The molecule has 0 saturated carbocycles. The second-order valence-electron chi connectivity index (χ2n) is 2.55. The van der Waals surface area contributed by atoms with E-state index in [0.29, 0.717) is 6.42 Å². The molecule has 0 aromatic rings. The largest absolute Gasteiger partial charge is 0.481 e. The van der Waals surface area contributed by atoms with Crippen molar-refractivity contribution in [2.45, 2.75) is 32.6 Å². The molecule has 0 aliphatic carbocycles. The van der Waals surface area contributed by atoms with Crippen molar-refractivity contribution in [1.29, 1.82) is 0 Å². The molecule has 14 heavy (non-hydrogen) atoms. The second kappa shape index (κ2) is 6.88. The number of carboxylic acid groups (broad SMARTS) is 1. The molecule has 0 unspecified atom stereocenters. The van der Waals surface area contributed by atoms with E-state index in [0.717, 1.165) is 0 Å². The fraction of sp³-hybridized carbons (Fsp3) is 0.625. The van der Waals surface area contributed by atoms with Crippen LogP contribution in [-0.2, 0) is 24.2 Å². The topological polar surface area (TPSA) is 89.9 Å². The van der Waals surface area contributed by atoms with E-state index in [2.05, 4.69) is 9.78 Å². The van der Waals surface area contributed by atoms with Gasteiger partial charge in [0.25, 0.3) is 0 Å². The van der Waals surface area contributed by atoms with Crippen molar-refractivity contribution in [3.63, 3.8) is 0 Å². The van der Waals surface area contributed by atoms with Gasteiger partial charge in [-0.15, -0.1) is 0 Å². The molecule has 0 heterocycles. The summed E-state index contributed by atoms with van der Waals surface area (Å²) < 4.78 is 0. The van der Waals surface area contributed by atoms with Crippen molar-refractivity contribution in [3.8, 4) is 0 Å². The summed E-state index contributed by atoms with van der Waals surface area (Å²) in [6, 6.07) is 0. The molecular weight excluding hydrogens is 192 g/mol. The highest BCUT2D eigenvalue weighted by Gasteiger charge is 2.10. The molecule has 0 aliphatic rings. The molecule has 6 heteroatoms. The quantitative estimate of drug-likeness (QED) is 0.522. The standard InChI is InChI=1S/C8H12O6/c1-2-3-7(11)13-14-8(12)5-4-6(9)10/h2-5H2,1H3,(H,9,10). The first-order chi connectivity index (χ1) is 6.56. The summed E-state index contributed by atoms with van der Waals surface area (Å²) in [6.07, 6.45) is 0.0939. The lowest BCUT2D eigenvalue weighted by molar-refractivity contribution is -0.259. The third-order valence-electron chi connectivity index (χ3n) is 1.22. The Morgan fingerprint density at radius 1 is 1.00 bits per heavy atom. The first-order valence-electron chi connectivity index (χ1n) is 4.18. The predicted octanol–water partition coefficient (Wildman–Crippen LogP) is 0.653. The van der Waals surface area contributed by atoms with Gasteiger partial charge >= 0.3 is 17.9 Å². The molecule has 0 aromatic carbocycles. The minimum atomic E-state index is -1.11. The van der Waals surface area contributed by atoms with E-state index >= 15 is 0 Å². The van der Waals surface area contributed by atoms with Gasteiger partial charge in [0.05, 0.1) is 12.8 Å². The number of carbonyl (C=O) groups is 3. The van der Waals surface area contributed by atoms with Crippen LogP contribution in [0.3, 0.4) is 0 Å². The smallest absolute Gasteiger partial charge is 0.356 e. The molecule has 0 amide bonds. The fourth-order valence-electron chi connectivity index (χ4n) is 0.589. The van der Waals surface area contributed by atoms with Crippen LogP contribution in [0, 0.1) is 0 Å². The first-order valence-corrected chi connectivity index (χ1v) is 4.18. The SMILES string of the molecule is CCCC(=O)OOC(=O)CCC(=O)O. The van der Waals surface area contributed by atoms with E-state index in [-0.39, 0.29) is 19.3 Å². The molecule has 80 valence electrons. The van der Waals surface area contributed by atoms with Crippen molar-refractivity contribution >= 4 is 17.9 Å². The lowest BCUT2D eigenvalue weighted by Crippen LogP contribution is -2.12. The van der Waals surface area contributed by atoms with Gasteiger partial charge in [-0.05, 0) is 6.42 Å². The average Bonchev–Trinajstić information content (AvgIpc) is 2.12. The van der Waals surface area contributed by atoms with Crippen LogP contribution < -0.4 is 0 Å². The van der Waals surface area contributed by atoms with Gasteiger partial charge in [0.2, 0.25) is 0 Å². The highest BCUT2D eigenvalue weighted by molar-refractivity contribution is 5.77. The van der Waals surface area contributed by atoms with Gasteiger partial charge in [-0.1, -0.05) is 6.92 Å². The fourth-order valence-corrected chi connectivity index (χ4v) is 0.589. The van der Waals surface area contributed by atoms with Gasteiger partial charge in [-0.2, -0.15) is 0 Å². The normalized spacial score (nSPS) is 9.21. The summed E-state index contributed by atoms with van der Waals surface area (Å²) in [7, 11) is 0. The van der Waals surface area contributed by atoms with Crippen LogP contribution in [0.15, 0.2) is 0 Å². The van der Waals surface area contributed by atoms with Crippen LogP contribution in [0.4, 0.5) is 0 Å². The molecule has 6 nitrogen and oxygen atoms in total. The predicted molar refractivity (Wildman–Crippen MR) is 44.0 cm³/mol. The Labute approximate surface area is 80.7 Å². The monoisotopic (exact) mass is 204 g/mol. The molecule has 0 radical (unpaired) electrons. The Kier molecular flexibility index (Phi) is 6.09. The summed E-state index contributed by atoms with van der Waals surface area (Å²) in [5.41, 5.74) is 0. The summed E-state index contributed by atoms with van der Waals surface area (Å²) in [4.78, 5) is 39.5. The zero-order valence-corrected chi connectivity index (χ0v) is 7.82. The van der Waals surface area contributed by atoms with Crippen LogP contribution in [0.1, 0.15) is 32.6 Å². The van der Waals surface area contributed by atoms with Gasteiger partial charge in [-0.25, -0.2) is 19.4 Å². The van der Waals surface area contributed by atoms with Crippen molar-refractivity contribution in [2.75, 3.05) is 0 Å². The summed E-state index contributed by atoms with van der Waals surface area (Å²) in [6.45, 7) is 1.77. The average molecular weight is 204 g/mol. The number of aliphatic carboxylic acids is 1. The van der Waals surface area contributed by atoms with E-state index in [1.165, 1.54) is 0 Å². The molecule has 0 spiro atoms. The van der Waals surface area contributed by atoms with Crippen molar-refractivity contribution in [2.24, 2.45) is 0 Å². The Balaban J connectivity index is 3.53. The van der Waals surface area contributed by atoms with Gasteiger partial charge < -0.3 is 5.11 Å². The van der Waals surface area contributed by atoms with Crippen LogP contribution in [0.25, 0.3) is 0 Å².